The fourth-order valence-electron chi connectivity index (χ4n) is 5.30. The highest BCUT2D eigenvalue weighted by Gasteiger charge is 2.44. The molecule has 15 heteroatoms. The minimum Gasteiger partial charge on any atom is -0.445 e. The molecule has 45 heavy (non-hydrogen) atoms. The summed E-state index contributed by atoms with van der Waals surface area (Å²) in [5.74, 6) is -0.470. The predicted octanol–water partition coefficient (Wildman–Crippen LogP) is 0.917. The summed E-state index contributed by atoms with van der Waals surface area (Å²) in [6.45, 7) is -0.703. The highest BCUT2D eigenvalue weighted by molar-refractivity contribution is 6.28. The number of alkyl carbamates (subject to hydrolysis) is 1. The van der Waals surface area contributed by atoms with E-state index in [1.807, 2.05) is 36.4 Å². The number of anilines is 1. The maximum Gasteiger partial charge on any atom is 0.408 e. The van der Waals surface area contributed by atoms with Crippen LogP contribution in [0.1, 0.15) is 23.6 Å². The number of aliphatic hydroxyl groups is 4. The van der Waals surface area contributed by atoms with Crippen molar-refractivity contribution in [1.82, 2.24) is 30.2 Å². The average molecular weight is 640 g/mol. The molecule has 14 nitrogen and oxygen atoms in total. The Morgan fingerprint density at radius 2 is 1.71 bits per heavy atom. The van der Waals surface area contributed by atoms with E-state index in [1.165, 1.54) is 6.33 Å². The number of benzene rings is 2. The molecular weight excluding hydrogens is 606 g/mol. The molecule has 1 aliphatic carbocycles. The van der Waals surface area contributed by atoms with Crippen molar-refractivity contribution < 1.29 is 34.8 Å². The first-order valence-electron chi connectivity index (χ1n) is 14.3. The molecule has 0 spiro atoms. The molecular formula is C30H34ClN7O7. The number of ether oxygens (including phenoxy) is 1. The third-order valence-corrected chi connectivity index (χ3v) is 7.87. The Hall–Kier alpha value is -4.34. The van der Waals surface area contributed by atoms with Crippen LogP contribution < -0.4 is 15.5 Å². The second-order valence-electron chi connectivity index (χ2n) is 10.6. The number of nitrogens with zero attached hydrogens (tertiary/aromatic N) is 5. The second-order valence-corrected chi connectivity index (χ2v) is 11.0. The Bertz CT molecular complexity index is 1590. The lowest BCUT2D eigenvalue weighted by molar-refractivity contribution is -0.125. The number of carbonyl (C=O) groups excluding carboxylic acids is 2. The van der Waals surface area contributed by atoms with E-state index in [9.17, 15) is 30.0 Å². The van der Waals surface area contributed by atoms with Gasteiger partial charge in [-0.2, -0.15) is 9.97 Å². The van der Waals surface area contributed by atoms with E-state index in [2.05, 4.69) is 25.6 Å². The molecule has 2 heterocycles. The van der Waals surface area contributed by atoms with E-state index < -0.39 is 48.9 Å². The Labute approximate surface area is 263 Å². The Kier molecular flexibility index (Phi) is 10.4. The number of rotatable bonds is 12. The van der Waals surface area contributed by atoms with Gasteiger partial charge in [-0.3, -0.25) is 4.79 Å². The van der Waals surface area contributed by atoms with Gasteiger partial charge in [0, 0.05) is 6.54 Å². The summed E-state index contributed by atoms with van der Waals surface area (Å²) in [7, 11) is 0. The van der Waals surface area contributed by atoms with E-state index in [-0.39, 0.29) is 30.7 Å². The molecule has 1 saturated carbocycles. The maximum atomic E-state index is 12.9. The van der Waals surface area contributed by atoms with Gasteiger partial charge in [-0.1, -0.05) is 60.7 Å². The van der Waals surface area contributed by atoms with Gasteiger partial charge < -0.3 is 45.3 Å². The van der Waals surface area contributed by atoms with Gasteiger partial charge in [0.15, 0.2) is 17.0 Å². The van der Waals surface area contributed by atoms with Crippen LogP contribution in [-0.2, 0) is 22.6 Å². The second kappa shape index (κ2) is 14.6. The number of aromatic nitrogens is 4. The van der Waals surface area contributed by atoms with Crippen molar-refractivity contribution in [1.29, 1.82) is 0 Å². The molecule has 4 aromatic rings. The van der Waals surface area contributed by atoms with E-state index in [0.717, 1.165) is 11.1 Å². The van der Waals surface area contributed by atoms with Crippen molar-refractivity contribution in [2.75, 3.05) is 24.8 Å². The van der Waals surface area contributed by atoms with Crippen molar-refractivity contribution in [3.05, 3.63) is 83.4 Å². The SMILES string of the molecule is O=C(N[C@H](CO)C(=O)N[C@H]1C[C@@H](n2cnc3c(N(CO)CCc4ccccc4)nc(Cl)nc32)[C@H](O)[C@@H]1O)OCc1ccccc1. The standard InChI is InChI=1S/C30H34ClN7O7/c31-29-35-26(37(17-40)12-11-18-7-3-1-4-8-18)23-27(36-29)38(16-32-23)22-13-20(24(41)25(22)42)33-28(43)21(14-39)34-30(44)45-15-19-9-5-2-6-10-19/h1-10,16,20-22,24-25,39-42H,11-15,17H2,(H,33,43)(H,34,44)/t20-,21+,22+,24+,25-/m0/s1. The van der Waals surface area contributed by atoms with Gasteiger partial charge in [0.2, 0.25) is 11.2 Å². The highest BCUT2D eigenvalue weighted by Crippen LogP contribution is 2.35. The van der Waals surface area contributed by atoms with E-state index in [0.29, 0.717) is 24.3 Å². The first kappa shape index (κ1) is 32.1. The average Bonchev–Trinajstić information content (AvgIpc) is 3.59. The highest BCUT2D eigenvalue weighted by atomic mass is 35.5. The van der Waals surface area contributed by atoms with Crippen molar-refractivity contribution in [2.45, 2.75) is 49.8 Å². The Morgan fingerprint density at radius 3 is 2.38 bits per heavy atom. The number of hydrogen-bond acceptors (Lipinski definition) is 11. The molecule has 2 amide bonds. The summed E-state index contributed by atoms with van der Waals surface area (Å²) in [6.07, 6.45) is -1.53. The third-order valence-electron chi connectivity index (χ3n) is 7.70. The molecule has 0 aliphatic heterocycles. The number of hydrogen-bond donors (Lipinski definition) is 6. The largest absolute Gasteiger partial charge is 0.445 e. The van der Waals surface area contributed by atoms with Gasteiger partial charge >= 0.3 is 6.09 Å². The topological polar surface area (TPSA) is 195 Å². The molecule has 0 bridgehead atoms. The lowest BCUT2D eigenvalue weighted by Gasteiger charge is -2.22. The van der Waals surface area contributed by atoms with E-state index in [4.69, 9.17) is 16.3 Å². The monoisotopic (exact) mass is 639 g/mol. The van der Waals surface area contributed by atoms with Crippen LogP contribution in [0.5, 0.6) is 0 Å². The first-order chi connectivity index (χ1) is 21.8. The molecule has 2 aromatic carbocycles. The Morgan fingerprint density at radius 1 is 1.02 bits per heavy atom. The number of halogens is 1. The summed E-state index contributed by atoms with van der Waals surface area (Å²) >= 11 is 6.28. The number of imidazole rings is 1. The number of carbonyl (C=O) groups is 2. The lowest BCUT2D eigenvalue weighted by Crippen LogP contribution is -2.53. The first-order valence-corrected chi connectivity index (χ1v) is 14.7. The molecule has 2 aromatic heterocycles. The van der Waals surface area contributed by atoms with Crippen LogP contribution >= 0.6 is 11.6 Å². The minimum absolute atomic E-state index is 0.0289. The zero-order chi connectivity index (χ0) is 31.9. The summed E-state index contributed by atoms with van der Waals surface area (Å²) in [5.41, 5.74) is 2.40. The smallest absolute Gasteiger partial charge is 0.408 e. The van der Waals surface area contributed by atoms with E-state index >= 15 is 0 Å². The van der Waals surface area contributed by atoms with Crippen molar-refractivity contribution in [3.8, 4) is 0 Å². The minimum atomic E-state index is -1.39. The molecule has 1 fully saturated rings. The fraction of sp³-hybridized carbons (Fsp3) is 0.367. The zero-order valence-electron chi connectivity index (χ0n) is 24.1. The van der Waals surface area contributed by atoms with Crippen molar-refractivity contribution in [3.63, 3.8) is 0 Å². The van der Waals surface area contributed by atoms with Crippen LogP contribution in [0.2, 0.25) is 5.28 Å². The molecule has 0 unspecified atom stereocenters. The molecule has 1 aliphatic rings. The van der Waals surface area contributed by atoms with Crippen LogP contribution in [0.3, 0.4) is 0 Å². The van der Waals surface area contributed by atoms with Crippen LogP contribution in [0.25, 0.3) is 11.2 Å². The van der Waals surface area contributed by atoms with Gasteiger partial charge in [0.05, 0.1) is 25.0 Å². The maximum absolute atomic E-state index is 12.9. The number of nitrogens with one attached hydrogen (secondary N) is 2. The van der Waals surface area contributed by atoms with Gasteiger partial charge in [0.1, 0.15) is 31.6 Å². The third kappa shape index (κ3) is 7.49. The van der Waals surface area contributed by atoms with Gasteiger partial charge in [-0.15, -0.1) is 0 Å². The van der Waals surface area contributed by atoms with Crippen LogP contribution in [0.4, 0.5) is 10.6 Å². The van der Waals surface area contributed by atoms with Gasteiger partial charge in [-0.25, -0.2) is 9.78 Å². The quantitative estimate of drug-likeness (QED) is 0.0953. The molecule has 0 radical (unpaired) electrons. The molecule has 5 rings (SSSR count). The number of aliphatic hydroxyl groups excluding tert-OH is 4. The van der Waals surface area contributed by atoms with Gasteiger partial charge in [-0.05, 0) is 35.6 Å². The van der Waals surface area contributed by atoms with Crippen LogP contribution in [-0.4, -0.2) is 96.1 Å². The fourth-order valence-corrected chi connectivity index (χ4v) is 5.46. The molecule has 0 saturated heterocycles. The summed E-state index contributed by atoms with van der Waals surface area (Å²) in [4.78, 5) is 39.8. The lowest BCUT2D eigenvalue weighted by atomic mass is 10.1. The van der Waals surface area contributed by atoms with Crippen LogP contribution in [0.15, 0.2) is 67.0 Å². The molecule has 238 valence electrons. The molecule has 5 atom stereocenters. The van der Waals surface area contributed by atoms with Crippen molar-refractivity contribution in [2.24, 2.45) is 0 Å². The predicted molar refractivity (Wildman–Crippen MR) is 163 cm³/mol. The number of amides is 2. The molecule has 6 N–H and O–H groups in total. The summed E-state index contributed by atoms with van der Waals surface area (Å²) in [6, 6.07) is 15.6. The normalized spacial score (nSPS) is 20.1. The zero-order valence-corrected chi connectivity index (χ0v) is 24.9. The Balaban J connectivity index is 1.26. The summed E-state index contributed by atoms with van der Waals surface area (Å²) < 4.78 is 6.67. The number of fused-ring (bicyclic) bond motifs is 1. The van der Waals surface area contributed by atoms with Crippen molar-refractivity contribution >= 4 is 40.6 Å². The van der Waals surface area contributed by atoms with E-state index in [1.54, 1.807) is 33.7 Å². The summed E-state index contributed by atoms with van der Waals surface area (Å²) in [5, 5.41) is 46.5. The van der Waals surface area contributed by atoms with Gasteiger partial charge in [0.25, 0.3) is 0 Å². The van der Waals surface area contributed by atoms with Crippen LogP contribution in [0, 0.1) is 0 Å².